The number of ether oxygens (including phenoxy) is 1. The Kier molecular flexibility index (Phi) is 6.23. The Labute approximate surface area is 172 Å². The Morgan fingerprint density at radius 1 is 1.29 bits per heavy atom. The minimum atomic E-state index is -3.74. The molecule has 0 saturated carbocycles. The number of anilines is 1. The second-order valence-corrected chi connectivity index (χ2v) is 10.8. The SMILES string of the molecule is COC(=O)c1c(NC(=O)C2CCCCN2S(=O)(=O)c2cccs2)sc(C)c1C. The van der Waals surface area contributed by atoms with Crippen molar-refractivity contribution in [2.75, 3.05) is 19.0 Å². The standard InChI is InChI=1S/C18H22N2O5S3/c1-11-12(2)27-17(15(11)18(22)25-3)19-16(21)13-7-4-5-9-20(13)28(23,24)14-8-6-10-26-14/h6,8,10,13H,4-5,7,9H2,1-3H3,(H,19,21). The summed E-state index contributed by atoms with van der Waals surface area (Å²) in [6, 6.07) is 2.41. The molecule has 1 aliphatic rings. The molecule has 0 bridgehead atoms. The number of thiophene rings is 2. The number of methoxy groups -OCH3 is 1. The fourth-order valence-corrected chi connectivity index (χ4v) is 7.07. The third kappa shape index (κ3) is 3.86. The van der Waals surface area contributed by atoms with E-state index in [1.54, 1.807) is 24.4 Å². The molecule has 1 aliphatic heterocycles. The molecule has 3 rings (SSSR count). The molecule has 152 valence electrons. The van der Waals surface area contributed by atoms with Crippen molar-refractivity contribution < 1.29 is 22.7 Å². The Morgan fingerprint density at radius 3 is 2.68 bits per heavy atom. The maximum Gasteiger partial charge on any atom is 0.341 e. The Morgan fingerprint density at radius 2 is 2.04 bits per heavy atom. The smallest absolute Gasteiger partial charge is 0.341 e. The van der Waals surface area contributed by atoms with Crippen LogP contribution in [0.25, 0.3) is 0 Å². The molecule has 0 aliphatic carbocycles. The highest BCUT2D eigenvalue weighted by molar-refractivity contribution is 7.91. The number of piperidine rings is 1. The van der Waals surface area contributed by atoms with Gasteiger partial charge in [-0.3, -0.25) is 4.79 Å². The molecule has 0 radical (unpaired) electrons. The van der Waals surface area contributed by atoms with Crippen molar-refractivity contribution in [3.05, 3.63) is 33.5 Å². The molecule has 28 heavy (non-hydrogen) atoms. The monoisotopic (exact) mass is 442 g/mol. The number of carbonyl (C=O) groups is 2. The third-order valence-corrected chi connectivity index (χ3v) is 9.23. The molecule has 10 heteroatoms. The summed E-state index contributed by atoms with van der Waals surface area (Å²) in [6.45, 7) is 3.95. The van der Waals surface area contributed by atoms with Crippen molar-refractivity contribution in [3.63, 3.8) is 0 Å². The summed E-state index contributed by atoms with van der Waals surface area (Å²) in [5.41, 5.74) is 1.07. The van der Waals surface area contributed by atoms with Gasteiger partial charge in [0.25, 0.3) is 10.0 Å². The van der Waals surface area contributed by atoms with Crippen LogP contribution in [0, 0.1) is 13.8 Å². The van der Waals surface area contributed by atoms with Crippen molar-refractivity contribution in [2.24, 2.45) is 0 Å². The number of rotatable bonds is 5. The van der Waals surface area contributed by atoms with Gasteiger partial charge >= 0.3 is 5.97 Å². The number of nitrogens with one attached hydrogen (secondary N) is 1. The van der Waals surface area contributed by atoms with Crippen LogP contribution in [0.2, 0.25) is 0 Å². The summed E-state index contributed by atoms with van der Waals surface area (Å²) in [4.78, 5) is 26.0. The van der Waals surface area contributed by atoms with Gasteiger partial charge in [0.2, 0.25) is 5.91 Å². The van der Waals surface area contributed by atoms with Gasteiger partial charge in [0.15, 0.2) is 0 Å². The molecule has 3 heterocycles. The first-order chi connectivity index (χ1) is 13.3. The van der Waals surface area contributed by atoms with Gasteiger partial charge in [0.05, 0.1) is 12.7 Å². The number of hydrogen-bond donors (Lipinski definition) is 1. The van der Waals surface area contributed by atoms with Gasteiger partial charge < -0.3 is 10.1 Å². The molecular formula is C18H22N2O5S3. The van der Waals surface area contributed by atoms with Crippen molar-refractivity contribution in [1.29, 1.82) is 0 Å². The Balaban J connectivity index is 1.89. The van der Waals surface area contributed by atoms with Crippen LogP contribution in [-0.2, 0) is 19.6 Å². The molecule has 1 unspecified atom stereocenters. The lowest BCUT2D eigenvalue weighted by Crippen LogP contribution is -2.49. The largest absolute Gasteiger partial charge is 0.465 e. The summed E-state index contributed by atoms with van der Waals surface area (Å²) in [5.74, 6) is -0.949. The van der Waals surface area contributed by atoms with E-state index in [1.807, 2.05) is 6.92 Å². The molecule has 1 amide bonds. The van der Waals surface area contributed by atoms with Crippen LogP contribution in [-0.4, -0.2) is 44.3 Å². The highest BCUT2D eigenvalue weighted by atomic mass is 32.2. The number of hydrogen-bond acceptors (Lipinski definition) is 7. The predicted molar refractivity (Wildman–Crippen MR) is 110 cm³/mol. The number of sulfonamides is 1. The number of nitrogens with zero attached hydrogens (tertiary/aromatic N) is 1. The summed E-state index contributed by atoms with van der Waals surface area (Å²) in [7, 11) is -2.45. The van der Waals surface area contributed by atoms with E-state index < -0.39 is 27.9 Å². The van der Waals surface area contributed by atoms with E-state index in [9.17, 15) is 18.0 Å². The van der Waals surface area contributed by atoms with E-state index in [4.69, 9.17) is 4.74 Å². The second-order valence-electron chi connectivity index (χ2n) is 6.53. The van der Waals surface area contributed by atoms with Gasteiger partial charge in [-0.05, 0) is 43.7 Å². The maximum atomic E-state index is 13.0. The van der Waals surface area contributed by atoms with Gasteiger partial charge in [-0.25, -0.2) is 13.2 Å². The first-order valence-corrected chi connectivity index (χ1v) is 12.0. The molecule has 0 aromatic carbocycles. The molecular weight excluding hydrogens is 420 g/mol. The topological polar surface area (TPSA) is 92.8 Å². The summed E-state index contributed by atoms with van der Waals surface area (Å²) >= 11 is 2.42. The van der Waals surface area contributed by atoms with E-state index in [0.29, 0.717) is 30.0 Å². The number of amides is 1. The molecule has 1 atom stereocenters. The predicted octanol–water partition coefficient (Wildman–Crippen LogP) is 3.39. The molecule has 1 fully saturated rings. The van der Waals surface area contributed by atoms with Crippen molar-refractivity contribution in [1.82, 2.24) is 4.31 Å². The zero-order valence-corrected chi connectivity index (χ0v) is 18.3. The lowest BCUT2D eigenvalue weighted by molar-refractivity contribution is -0.120. The molecule has 2 aromatic heterocycles. The van der Waals surface area contributed by atoms with Crippen LogP contribution in [0.3, 0.4) is 0 Å². The fraction of sp³-hybridized carbons (Fsp3) is 0.444. The average Bonchev–Trinajstić information content (AvgIpc) is 3.31. The zero-order valence-electron chi connectivity index (χ0n) is 15.9. The molecule has 0 spiro atoms. The van der Waals surface area contributed by atoms with Crippen molar-refractivity contribution >= 4 is 49.6 Å². The molecule has 7 nitrogen and oxygen atoms in total. The summed E-state index contributed by atoms with van der Waals surface area (Å²) < 4.78 is 32.3. The Bertz CT molecular complexity index is 979. The van der Waals surface area contributed by atoms with Crippen LogP contribution in [0.5, 0.6) is 0 Å². The second kappa shape index (κ2) is 8.32. The first-order valence-electron chi connectivity index (χ1n) is 8.82. The van der Waals surface area contributed by atoms with Crippen LogP contribution < -0.4 is 5.32 Å². The number of aryl methyl sites for hydroxylation is 1. The van der Waals surface area contributed by atoms with Crippen LogP contribution in [0.4, 0.5) is 5.00 Å². The van der Waals surface area contributed by atoms with E-state index in [2.05, 4.69) is 5.32 Å². The Hall–Kier alpha value is -1.75. The molecule has 1 N–H and O–H groups in total. The van der Waals surface area contributed by atoms with E-state index in [1.165, 1.54) is 22.8 Å². The highest BCUT2D eigenvalue weighted by Gasteiger charge is 2.38. The van der Waals surface area contributed by atoms with Crippen LogP contribution >= 0.6 is 22.7 Å². The minimum Gasteiger partial charge on any atom is -0.465 e. The zero-order chi connectivity index (χ0) is 20.5. The third-order valence-electron chi connectivity index (χ3n) is 4.83. The van der Waals surface area contributed by atoms with Gasteiger partial charge in [0, 0.05) is 11.4 Å². The van der Waals surface area contributed by atoms with E-state index >= 15 is 0 Å². The quantitative estimate of drug-likeness (QED) is 0.717. The number of esters is 1. The first kappa shape index (κ1) is 21.0. The van der Waals surface area contributed by atoms with Crippen LogP contribution in [0.15, 0.2) is 21.7 Å². The minimum absolute atomic E-state index is 0.227. The average molecular weight is 443 g/mol. The molecule has 2 aromatic rings. The van der Waals surface area contributed by atoms with Crippen LogP contribution in [0.1, 0.15) is 40.1 Å². The maximum absolute atomic E-state index is 13.0. The summed E-state index contributed by atoms with van der Waals surface area (Å²) in [6.07, 6.45) is 1.91. The van der Waals surface area contributed by atoms with E-state index in [-0.39, 0.29) is 4.21 Å². The van der Waals surface area contributed by atoms with Crippen molar-refractivity contribution in [2.45, 2.75) is 43.4 Å². The van der Waals surface area contributed by atoms with Gasteiger partial charge in [0.1, 0.15) is 15.3 Å². The summed E-state index contributed by atoms with van der Waals surface area (Å²) in [5, 5.41) is 4.88. The lowest BCUT2D eigenvalue weighted by atomic mass is 10.0. The van der Waals surface area contributed by atoms with E-state index in [0.717, 1.165) is 28.2 Å². The highest BCUT2D eigenvalue weighted by Crippen LogP contribution is 2.34. The molecule has 1 saturated heterocycles. The van der Waals surface area contributed by atoms with Crippen molar-refractivity contribution in [3.8, 4) is 0 Å². The van der Waals surface area contributed by atoms with Gasteiger partial charge in [-0.2, -0.15) is 4.31 Å². The fourth-order valence-electron chi connectivity index (χ4n) is 3.24. The van der Waals surface area contributed by atoms with Gasteiger partial charge in [-0.15, -0.1) is 22.7 Å². The number of carbonyl (C=O) groups excluding carboxylic acids is 2. The van der Waals surface area contributed by atoms with Gasteiger partial charge in [-0.1, -0.05) is 12.5 Å². The normalized spacial score (nSPS) is 18.0. The lowest BCUT2D eigenvalue weighted by Gasteiger charge is -2.33.